The third kappa shape index (κ3) is 4.50. The van der Waals surface area contributed by atoms with Gasteiger partial charge >= 0.3 is 18.0 Å². The van der Waals surface area contributed by atoms with Crippen LogP contribution in [0, 0.1) is 0 Å². The minimum atomic E-state index is -5.76. The highest BCUT2D eigenvalue weighted by molar-refractivity contribution is 6.11. The van der Waals surface area contributed by atoms with Crippen molar-refractivity contribution in [3.05, 3.63) is 71.8 Å². The Morgan fingerprint density at radius 2 is 1.30 bits per heavy atom. The third-order valence-electron chi connectivity index (χ3n) is 6.03. The molecule has 0 spiro atoms. The van der Waals surface area contributed by atoms with E-state index in [-0.39, 0.29) is 29.7 Å². The molecule has 176 valence electrons. The first kappa shape index (κ1) is 23.3. The predicted octanol–water partition coefficient (Wildman–Crippen LogP) is 6.54. The maximum absolute atomic E-state index is 14.1. The zero-order valence-corrected chi connectivity index (χ0v) is 17.7. The van der Waals surface area contributed by atoms with Crippen LogP contribution in [0.15, 0.2) is 70.6 Å². The Hall–Kier alpha value is -2.84. The Morgan fingerprint density at radius 3 is 1.85 bits per heavy atom. The van der Waals surface area contributed by atoms with Gasteiger partial charge < -0.3 is 4.90 Å². The van der Waals surface area contributed by atoms with Crippen LogP contribution in [0.3, 0.4) is 0 Å². The molecule has 0 N–H and O–H groups in total. The summed E-state index contributed by atoms with van der Waals surface area (Å²) in [7, 11) is 0. The van der Waals surface area contributed by atoms with Gasteiger partial charge in [-0.15, -0.1) is 0 Å². The van der Waals surface area contributed by atoms with Crippen LogP contribution in [0.4, 0.5) is 26.3 Å². The molecule has 2 aromatic rings. The van der Waals surface area contributed by atoms with Crippen molar-refractivity contribution in [3.63, 3.8) is 0 Å². The summed E-state index contributed by atoms with van der Waals surface area (Å²) in [5.74, 6) is -0.602. The fourth-order valence-electron chi connectivity index (χ4n) is 4.43. The van der Waals surface area contributed by atoms with E-state index < -0.39 is 18.0 Å². The second-order valence-electron chi connectivity index (χ2n) is 8.32. The molecule has 4 rings (SSSR count). The summed E-state index contributed by atoms with van der Waals surface area (Å²) in [5, 5.41) is 0. The van der Waals surface area contributed by atoms with Crippen LogP contribution < -0.4 is 0 Å². The van der Waals surface area contributed by atoms with Crippen LogP contribution in [0.2, 0.25) is 0 Å². The molecule has 0 saturated heterocycles. The molecular weight excluding hydrogens is 444 g/mol. The number of amidine groups is 2. The van der Waals surface area contributed by atoms with Crippen LogP contribution >= 0.6 is 0 Å². The Balaban J connectivity index is 1.95. The topological polar surface area (TPSA) is 28.0 Å². The van der Waals surface area contributed by atoms with Crippen molar-refractivity contribution in [2.45, 2.75) is 62.6 Å². The van der Waals surface area contributed by atoms with Gasteiger partial charge in [0.1, 0.15) is 11.7 Å². The third-order valence-corrected chi connectivity index (χ3v) is 6.03. The van der Waals surface area contributed by atoms with Crippen molar-refractivity contribution < 1.29 is 26.3 Å². The first-order valence-corrected chi connectivity index (χ1v) is 10.8. The summed E-state index contributed by atoms with van der Waals surface area (Å²) in [6.07, 6.45) is -7.75. The summed E-state index contributed by atoms with van der Waals surface area (Å²) in [6.45, 7) is 0. The summed E-state index contributed by atoms with van der Waals surface area (Å²) >= 11 is 0. The first-order valence-electron chi connectivity index (χ1n) is 10.8. The molecule has 1 fully saturated rings. The minimum Gasteiger partial charge on any atom is -0.311 e. The zero-order valence-electron chi connectivity index (χ0n) is 17.7. The van der Waals surface area contributed by atoms with Crippen LogP contribution in [0.5, 0.6) is 0 Å². The Labute approximate surface area is 187 Å². The van der Waals surface area contributed by atoms with Gasteiger partial charge in [0.2, 0.25) is 0 Å². The van der Waals surface area contributed by atoms with Gasteiger partial charge in [0.25, 0.3) is 0 Å². The highest BCUT2D eigenvalue weighted by Gasteiger charge is 2.74. The second kappa shape index (κ2) is 8.83. The molecule has 1 aliphatic heterocycles. The fourth-order valence-corrected chi connectivity index (χ4v) is 4.43. The standard InChI is InChI=1S/C24H23F6N3/c25-23(26,27)22(24(28,29)30)31-20(16-17-10-4-1-5-11-17)33(19-14-8-3-9-15-19)21(32-22)18-12-6-2-7-13-18/h1-2,4-7,10-13,19H,3,8-9,14-16H2. The molecule has 0 radical (unpaired) electrons. The zero-order chi connectivity index (χ0) is 23.7. The van der Waals surface area contributed by atoms with Crippen LogP contribution in [-0.4, -0.2) is 40.6 Å². The smallest absolute Gasteiger partial charge is 0.311 e. The average Bonchev–Trinajstić information content (AvgIpc) is 2.79. The molecule has 0 bridgehead atoms. The van der Waals surface area contributed by atoms with E-state index in [1.54, 1.807) is 48.5 Å². The number of alkyl halides is 6. The van der Waals surface area contributed by atoms with Crippen molar-refractivity contribution in [3.8, 4) is 0 Å². The van der Waals surface area contributed by atoms with E-state index in [2.05, 4.69) is 9.98 Å². The lowest BCUT2D eigenvalue weighted by Crippen LogP contribution is -2.61. The van der Waals surface area contributed by atoms with Crippen molar-refractivity contribution >= 4 is 11.7 Å². The maximum Gasteiger partial charge on any atom is 0.443 e. The predicted molar refractivity (Wildman–Crippen MR) is 114 cm³/mol. The molecule has 33 heavy (non-hydrogen) atoms. The van der Waals surface area contributed by atoms with Gasteiger partial charge in [0.05, 0.1) is 0 Å². The molecule has 1 aliphatic carbocycles. The van der Waals surface area contributed by atoms with E-state index in [4.69, 9.17) is 0 Å². The fraction of sp³-hybridized carbons (Fsp3) is 0.417. The first-order chi connectivity index (χ1) is 15.6. The van der Waals surface area contributed by atoms with Crippen molar-refractivity contribution in [2.24, 2.45) is 9.98 Å². The number of hydrogen-bond acceptors (Lipinski definition) is 3. The van der Waals surface area contributed by atoms with E-state index in [9.17, 15) is 26.3 Å². The van der Waals surface area contributed by atoms with Gasteiger partial charge in [0.15, 0.2) is 0 Å². The summed E-state index contributed by atoms with van der Waals surface area (Å²) in [4.78, 5) is 8.29. The van der Waals surface area contributed by atoms with Gasteiger partial charge in [-0.2, -0.15) is 26.3 Å². The molecule has 1 heterocycles. The van der Waals surface area contributed by atoms with Crippen molar-refractivity contribution in [1.29, 1.82) is 0 Å². The summed E-state index contributed by atoms with van der Waals surface area (Å²) in [5.41, 5.74) is -3.79. The number of rotatable bonds is 4. The lowest BCUT2D eigenvalue weighted by Gasteiger charge is -2.44. The van der Waals surface area contributed by atoms with E-state index in [1.807, 2.05) is 0 Å². The largest absolute Gasteiger partial charge is 0.443 e. The van der Waals surface area contributed by atoms with Gasteiger partial charge in [-0.25, -0.2) is 9.98 Å². The summed E-state index contributed by atoms with van der Waals surface area (Å²) in [6, 6.07) is 15.9. The SMILES string of the molecule is FC(F)(F)C1(C(F)(F)F)N=C(Cc2ccccc2)N(C2CCCCC2)C(c2ccccc2)=N1. The van der Waals surface area contributed by atoms with Gasteiger partial charge in [-0.1, -0.05) is 79.9 Å². The Kier molecular flexibility index (Phi) is 6.24. The molecule has 3 nitrogen and oxygen atoms in total. The quantitative estimate of drug-likeness (QED) is 0.469. The van der Waals surface area contributed by atoms with Gasteiger partial charge in [0, 0.05) is 18.0 Å². The average molecular weight is 467 g/mol. The second-order valence-corrected chi connectivity index (χ2v) is 8.32. The monoisotopic (exact) mass is 467 g/mol. The normalized spacial score (nSPS) is 19.8. The number of hydrogen-bond donors (Lipinski definition) is 0. The molecule has 0 unspecified atom stereocenters. The maximum atomic E-state index is 14.1. The highest BCUT2D eigenvalue weighted by Crippen LogP contribution is 2.49. The molecular formula is C24H23F6N3. The van der Waals surface area contributed by atoms with Crippen LogP contribution in [0.25, 0.3) is 0 Å². The van der Waals surface area contributed by atoms with Crippen LogP contribution in [0.1, 0.15) is 43.2 Å². The van der Waals surface area contributed by atoms with E-state index in [1.165, 1.54) is 17.0 Å². The number of halogens is 6. The number of nitrogens with zero attached hydrogens (tertiary/aromatic N) is 3. The van der Waals surface area contributed by atoms with E-state index in [0.717, 1.165) is 19.3 Å². The molecule has 9 heteroatoms. The molecule has 0 aromatic heterocycles. The highest BCUT2D eigenvalue weighted by atomic mass is 19.4. The molecule has 1 saturated carbocycles. The number of aliphatic imine (C=N–C) groups is 2. The van der Waals surface area contributed by atoms with Crippen LogP contribution in [-0.2, 0) is 6.42 Å². The van der Waals surface area contributed by atoms with Crippen molar-refractivity contribution in [1.82, 2.24) is 4.90 Å². The molecule has 0 amide bonds. The lowest BCUT2D eigenvalue weighted by atomic mass is 9.92. The summed E-state index contributed by atoms with van der Waals surface area (Å²) < 4.78 is 84.7. The van der Waals surface area contributed by atoms with Gasteiger partial charge in [-0.05, 0) is 18.4 Å². The lowest BCUT2D eigenvalue weighted by molar-refractivity contribution is -0.293. The van der Waals surface area contributed by atoms with Gasteiger partial charge in [-0.3, -0.25) is 0 Å². The molecule has 0 atom stereocenters. The molecule has 2 aliphatic rings. The Bertz CT molecular complexity index is 992. The molecule has 2 aromatic carbocycles. The number of benzene rings is 2. The van der Waals surface area contributed by atoms with Crippen molar-refractivity contribution in [2.75, 3.05) is 0 Å². The Morgan fingerprint density at radius 1 is 0.758 bits per heavy atom. The minimum absolute atomic E-state index is 0.170. The van der Waals surface area contributed by atoms with E-state index >= 15 is 0 Å². The van der Waals surface area contributed by atoms with E-state index in [0.29, 0.717) is 18.4 Å².